The zero-order valence-corrected chi connectivity index (χ0v) is 32.0. The molecular formula is C44H50F3NO6. The first-order chi connectivity index (χ1) is 25.2. The number of esters is 2. The lowest BCUT2D eigenvalue weighted by Gasteiger charge is -2.70. The van der Waals surface area contributed by atoms with Crippen LogP contribution in [-0.4, -0.2) is 36.0 Å². The largest absolute Gasteiger partial charge is 0.504 e. The van der Waals surface area contributed by atoms with Crippen LogP contribution in [0, 0.1) is 44.3 Å². The Balaban J connectivity index is 1.07. The quantitative estimate of drug-likeness (QED) is 0.122. The number of carbonyl (C=O) groups is 3. The molecule has 0 radical (unpaired) electrons. The van der Waals surface area contributed by atoms with Gasteiger partial charge in [-0.1, -0.05) is 57.6 Å². The molecule has 7 nitrogen and oxygen atoms in total. The molecule has 10 heteroatoms. The van der Waals surface area contributed by atoms with Crippen LogP contribution in [-0.2, 0) is 30.0 Å². The Hall–Kier alpha value is -4.39. The van der Waals surface area contributed by atoms with Crippen molar-refractivity contribution < 1.29 is 42.1 Å². The Bertz CT molecular complexity index is 1960. The maximum Gasteiger partial charge on any atom is 0.416 e. The topological polar surface area (TPSA) is 114 Å². The lowest BCUT2D eigenvalue weighted by molar-refractivity contribution is -0.182. The molecule has 6 rings (SSSR count). The van der Waals surface area contributed by atoms with E-state index >= 15 is 0 Å². The van der Waals surface area contributed by atoms with Gasteiger partial charge in [0.25, 0.3) is 0 Å². The number of ether oxygens (including phenoxy) is 2. The average Bonchev–Trinajstić information content (AvgIpc) is 3.12. The van der Waals surface area contributed by atoms with E-state index in [4.69, 9.17) is 9.47 Å². The number of aliphatic hydroxyl groups excluding tert-OH is 1. The summed E-state index contributed by atoms with van der Waals surface area (Å²) in [6, 6.07) is 5.80. The number of aliphatic hydroxyl groups is 1. The minimum atomic E-state index is -4.51. The Morgan fingerprint density at radius 3 is 2.24 bits per heavy atom. The van der Waals surface area contributed by atoms with Gasteiger partial charge in [-0.05, 0) is 129 Å². The third-order valence-electron chi connectivity index (χ3n) is 14.3. The van der Waals surface area contributed by atoms with Gasteiger partial charge in [-0.3, -0.25) is 9.59 Å². The summed E-state index contributed by atoms with van der Waals surface area (Å²) in [5, 5.41) is 19.9. The van der Waals surface area contributed by atoms with E-state index in [0.717, 1.165) is 86.4 Å². The Morgan fingerprint density at radius 2 is 1.59 bits per heavy atom. The van der Waals surface area contributed by atoms with Crippen LogP contribution in [0.1, 0.15) is 110 Å². The standard InChI is InChI=1S/C44H50F3NO6/c1-27-31-13-14-34-41(4,32(31)24-33(49)37(27)51)18-20-43(6)35-25-40(3,16-15-39(35,2)17-19-42(34,43)5)38(52)54-22-8-7-21-53-36(50)23-29(26-48)28-9-11-30(12-10-28)44(45,46)47/h9-14,23-24,35,51H,7-8,15-22,25H2,1-6H3/b29-23+/t35-,39-,40-,41+,42-,43+/m1/s1. The SMILES string of the molecule is CC1=C(O)C(=O)C=C2C1=CC=C1[C@@]2(C)CC[C@@]2(C)[C@@H]3C[C@](C)(C(=O)OCCCCOC(=O)/C=C(\C#N)c4ccc(C(F)(F)F)cc4)CC[C@]3(C)CC[C@]12C. The number of ketones is 1. The van der Waals surface area contributed by atoms with Crippen molar-refractivity contribution in [2.45, 2.75) is 106 Å². The van der Waals surface area contributed by atoms with Crippen LogP contribution in [0.2, 0.25) is 0 Å². The lowest BCUT2D eigenvalue weighted by Crippen LogP contribution is -2.62. The van der Waals surface area contributed by atoms with Gasteiger partial charge < -0.3 is 14.6 Å². The first-order valence-electron chi connectivity index (χ1n) is 19.0. The maximum absolute atomic E-state index is 13.8. The fraction of sp³-hybridized carbons (Fsp3) is 0.545. The second-order valence-corrected chi connectivity index (χ2v) is 17.4. The number of hydrogen-bond acceptors (Lipinski definition) is 7. The summed E-state index contributed by atoms with van der Waals surface area (Å²) in [5.41, 5.74) is 1.99. The normalized spacial score (nSPS) is 33.5. The number of nitrogens with zero attached hydrogens (tertiary/aromatic N) is 1. The molecule has 1 aromatic rings. The highest BCUT2D eigenvalue weighted by molar-refractivity contribution is 6.06. The molecule has 1 aromatic carbocycles. The highest BCUT2D eigenvalue weighted by Gasteiger charge is 2.67. The average molecular weight is 746 g/mol. The molecule has 3 fully saturated rings. The van der Waals surface area contributed by atoms with Gasteiger partial charge in [-0.25, -0.2) is 4.79 Å². The molecule has 0 bridgehead atoms. The number of hydrogen-bond donors (Lipinski definition) is 1. The molecule has 0 aromatic heterocycles. The van der Waals surface area contributed by atoms with Gasteiger partial charge in [0.05, 0.1) is 29.8 Å². The minimum Gasteiger partial charge on any atom is -0.504 e. The fourth-order valence-electron chi connectivity index (χ4n) is 10.5. The first kappa shape index (κ1) is 39.3. The zero-order valence-electron chi connectivity index (χ0n) is 32.0. The van der Waals surface area contributed by atoms with Gasteiger partial charge in [0.1, 0.15) is 6.07 Å². The molecule has 0 saturated heterocycles. The molecule has 0 spiro atoms. The molecule has 54 heavy (non-hydrogen) atoms. The van der Waals surface area contributed by atoms with Crippen molar-refractivity contribution in [2.75, 3.05) is 13.2 Å². The predicted octanol–water partition coefficient (Wildman–Crippen LogP) is 10.1. The number of carbonyl (C=O) groups excluding carboxylic acids is 3. The number of benzene rings is 1. The first-order valence-corrected chi connectivity index (χ1v) is 19.0. The van der Waals surface area contributed by atoms with E-state index in [1.54, 1.807) is 6.08 Å². The van der Waals surface area contributed by atoms with Crippen LogP contribution in [0.4, 0.5) is 13.2 Å². The van der Waals surface area contributed by atoms with E-state index in [1.807, 2.05) is 19.9 Å². The Labute approximate surface area is 315 Å². The highest BCUT2D eigenvalue weighted by atomic mass is 19.4. The summed E-state index contributed by atoms with van der Waals surface area (Å²) in [6.45, 7) is 13.5. The van der Waals surface area contributed by atoms with Crippen molar-refractivity contribution in [1.29, 1.82) is 5.26 Å². The van der Waals surface area contributed by atoms with E-state index in [1.165, 1.54) is 5.57 Å². The molecule has 0 heterocycles. The summed E-state index contributed by atoms with van der Waals surface area (Å²) in [6.07, 6.45) is 9.60. The maximum atomic E-state index is 13.8. The summed E-state index contributed by atoms with van der Waals surface area (Å²) in [7, 11) is 0. The molecule has 0 amide bonds. The number of allylic oxidation sites excluding steroid dienone is 8. The summed E-state index contributed by atoms with van der Waals surface area (Å²) in [5.74, 6) is -1.24. The summed E-state index contributed by atoms with van der Waals surface area (Å²) >= 11 is 0. The van der Waals surface area contributed by atoms with Crippen molar-refractivity contribution in [1.82, 2.24) is 0 Å². The molecule has 0 aliphatic heterocycles. The van der Waals surface area contributed by atoms with Gasteiger partial charge in [-0.2, -0.15) is 18.4 Å². The van der Waals surface area contributed by atoms with Crippen molar-refractivity contribution in [3.63, 3.8) is 0 Å². The second kappa shape index (κ2) is 13.7. The molecule has 288 valence electrons. The van der Waals surface area contributed by atoms with Crippen LogP contribution in [0.15, 0.2) is 76.6 Å². The molecule has 5 aliphatic carbocycles. The van der Waals surface area contributed by atoms with E-state index in [2.05, 4.69) is 39.8 Å². The Kier molecular flexibility index (Phi) is 9.99. The van der Waals surface area contributed by atoms with Crippen molar-refractivity contribution in [3.8, 4) is 6.07 Å². The number of rotatable bonds is 8. The Morgan fingerprint density at radius 1 is 0.944 bits per heavy atom. The van der Waals surface area contributed by atoms with E-state index in [-0.39, 0.29) is 69.4 Å². The summed E-state index contributed by atoms with van der Waals surface area (Å²) in [4.78, 5) is 38.9. The number of halogens is 3. The van der Waals surface area contributed by atoms with Crippen molar-refractivity contribution >= 4 is 23.3 Å². The van der Waals surface area contributed by atoms with Crippen LogP contribution in [0.5, 0.6) is 0 Å². The van der Waals surface area contributed by atoms with Gasteiger partial charge in [-0.15, -0.1) is 0 Å². The van der Waals surface area contributed by atoms with Crippen LogP contribution in [0.25, 0.3) is 5.57 Å². The molecule has 5 aliphatic rings. The predicted molar refractivity (Wildman–Crippen MR) is 197 cm³/mol. The molecular weight excluding hydrogens is 695 g/mol. The molecule has 1 N–H and O–H groups in total. The summed E-state index contributed by atoms with van der Waals surface area (Å²) < 4.78 is 49.7. The van der Waals surface area contributed by atoms with Crippen LogP contribution < -0.4 is 0 Å². The number of nitriles is 1. The van der Waals surface area contributed by atoms with E-state index in [9.17, 15) is 37.9 Å². The molecule has 0 unspecified atom stereocenters. The van der Waals surface area contributed by atoms with Gasteiger partial charge >= 0.3 is 18.1 Å². The van der Waals surface area contributed by atoms with Crippen molar-refractivity contribution in [3.05, 3.63) is 87.7 Å². The van der Waals surface area contributed by atoms with Crippen molar-refractivity contribution in [2.24, 2.45) is 33.0 Å². The monoisotopic (exact) mass is 745 g/mol. The zero-order chi connectivity index (χ0) is 39.5. The fourth-order valence-corrected chi connectivity index (χ4v) is 10.5. The molecule has 6 atom stereocenters. The third kappa shape index (κ3) is 6.45. The van der Waals surface area contributed by atoms with Gasteiger partial charge in [0.2, 0.25) is 5.78 Å². The van der Waals surface area contributed by atoms with Gasteiger partial charge in [0, 0.05) is 17.1 Å². The van der Waals surface area contributed by atoms with Gasteiger partial charge in [0.15, 0.2) is 5.76 Å². The smallest absolute Gasteiger partial charge is 0.416 e. The minimum absolute atomic E-state index is 0.0285. The highest BCUT2D eigenvalue weighted by Crippen LogP contribution is 2.75. The van der Waals surface area contributed by atoms with Crippen LogP contribution in [0.3, 0.4) is 0 Å². The number of alkyl halides is 3. The third-order valence-corrected chi connectivity index (χ3v) is 14.3. The van der Waals surface area contributed by atoms with E-state index < -0.39 is 23.1 Å². The van der Waals surface area contributed by atoms with Crippen LogP contribution >= 0.6 is 0 Å². The number of fused-ring (bicyclic) bond motifs is 7. The number of unbranched alkanes of at least 4 members (excludes halogenated alkanes) is 1. The van der Waals surface area contributed by atoms with E-state index in [0.29, 0.717) is 18.4 Å². The lowest BCUT2D eigenvalue weighted by atomic mass is 9.34. The second-order valence-electron chi connectivity index (χ2n) is 17.4. The molecule has 3 saturated carbocycles.